The molecule has 0 radical (unpaired) electrons. The van der Waals surface area contributed by atoms with Crippen molar-refractivity contribution >= 4 is 23.2 Å². The summed E-state index contributed by atoms with van der Waals surface area (Å²) in [6.45, 7) is 0.522. The minimum atomic E-state index is -0.587. The highest BCUT2D eigenvalue weighted by Crippen LogP contribution is 2.44. The second-order valence-electron chi connectivity index (χ2n) is 5.04. The number of methoxy groups -OCH3 is 1. The van der Waals surface area contributed by atoms with Gasteiger partial charge in [0.2, 0.25) is 0 Å². The first-order valence-electron chi connectivity index (χ1n) is 6.63. The second kappa shape index (κ2) is 5.93. The maximum atomic E-state index is 6.38. The predicted octanol–water partition coefficient (Wildman–Crippen LogP) is 3.26. The van der Waals surface area contributed by atoms with Gasteiger partial charge in [0.25, 0.3) is 0 Å². The highest BCUT2D eigenvalue weighted by Gasteiger charge is 2.44. The van der Waals surface area contributed by atoms with Gasteiger partial charge in [-0.2, -0.15) is 0 Å². The molecule has 2 heterocycles. The van der Waals surface area contributed by atoms with Crippen LogP contribution in [0.2, 0.25) is 10.0 Å². The van der Waals surface area contributed by atoms with E-state index in [1.54, 1.807) is 30.3 Å². The van der Waals surface area contributed by atoms with Crippen LogP contribution < -0.4 is 0 Å². The Morgan fingerprint density at radius 1 is 1.48 bits per heavy atom. The first-order chi connectivity index (χ1) is 10.1. The predicted molar refractivity (Wildman–Crippen MR) is 79.3 cm³/mol. The van der Waals surface area contributed by atoms with Crippen molar-refractivity contribution in [1.29, 1.82) is 0 Å². The average Bonchev–Trinajstić information content (AvgIpc) is 3.09. The molecule has 0 bridgehead atoms. The molecular formula is C14H15Cl2N3O2. The topological polar surface area (TPSA) is 49.2 Å². The fourth-order valence-corrected chi connectivity index (χ4v) is 3.30. The molecule has 1 aromatic heterocycles. The maximum absolute atomic E-state index is 6.38. The highest BCUT2D eigenvalue weighted by molar-refractivity contribution is 6.35. The van der Waals surface area contributed by atoms with E-state index in [-0.39, 0.29) is 6.29 Å². The van der Waals surface area contributed by atoms with Gasteiger partial charge < -0.3 is 9.47 Å². The van der Waals surface area contributed by atoms with Crippen molar-refractivity contribution < 1.29 is 9.47 Å². The number of ether oxygens (including phenoxy) is 2. The van der Waals surface area contributed by atoms with Gasteiger partial charge in [0.15, 0.2) is 6.29 Å². The van der Waals surface area contributed by atoms with Crippen LogP contribution in [0.4, 0.5) is 0 Å². The Kier molecular flexibility index (Phi) is 4.17. The van der Waals surface area contributed by atoms with Crippen molar-refractivity contribution in [3.63, 3.8) is 0 Å². The fraction of sp³-hybridized carbons (Fsp3) is 0.429. The van der Waals surface area contributed by atoms with E-state index in [4.69, 9.17) is 32.7 Å². The lowest BCUT2D eigenvalue weighted by Gasteiger charge is -2.30. The van der Waals surface area contributed by atoms with Gasteiger partial charge in [-0.15, -0.1) is 5.10 Å². The summed E-state index contributed by atoms with van der Waals surface area (Å²) in [5, 5.41) is 9.04. The Morgan fingerprint density at radius 3 is 2.95 bits per heavy atom. The van der Waals surface area contributed by atoms with E-state index in [9.17, 15) is 0 Å². The molecule has 2 unspecified atom stereocenters. The van der Waals surface area contributed by atoms with E-state index in [2.05, 4.69) is 10.3 Å². The molecule has 1 fully saturated rings. The number of benzene rings is 1. The first kappa shape index (κ1) is 14.8. The van der Waals surface area contributed by atoms with Crippen LogP contribution in [-0.2, 0) is 21.6 Å². The lowest BCUT2D eigenvalue weighted by atomic mass is 9.90. The van der Waals surface area contributed by atoms with E-state index in [0.29, 0.717) is 16.6 Å². The summed E-state index contributed by atoms with van der Waals surface area (Å²) in [6, 6.07) is 5.44. The Hall–Kier alpha value is -1.14. The molecule has 1 aliphatic heterocycles. The van der Waals surface area contributed by atoms with E-state index < -0.39 is 5.60 Å². The minimum Gasteiger partial charge on any atom is -0.356 e. The van der Waals surface area contributed by atoms with Crippen molar-refractivity contribution in [2.24, 2.45) is 0 Å². The molecule has 0 aliphatic carbocycles. The molecule has 2 atom stereocenters. The van der Waals surface area contributed by atoms with E-state index >= 15 is 0 Å². The molecule has 2 aromatic rings. The molecule has 0 amide bonds. The van der Waals surface area contributed by atoms with E-state index in [1.165, 1.54) is 0 Å². The van der Waals surface area contributed by atoms with Gasteiger partial charge in [0.05, 0.1) is 12.7 Å². The second-order valence-corrected chi connectivity index (χ2v) is 5.88. The molecule has 1 aliphatic rings. The molecular weight excluding hydrogens is 313 g/mol. The van der Waals surface area contributed by atoms with Crippen molar-refractivity contribution in [2.75, 3.05) is 7.11 Å². The van der Waals surface area contributed by atoms with Gasteiger partial charge >= 0.3 is 0 Å². The van der Waals surface area contributed by atoms with Gasteiger partial charge in [-0.25, -0.2) is 4.68 Å². The van der Waals surface area contributed by atoms with Crippen LogP contribution in [0.25, 0.3) is 0 Å². The summed E-state index contributed by atoms with van der Waals surface area (Å²) in [7, 11) is 1.64. The number of hydrogen-bond acceptors (Lipinski definition) is 4. The van der Waals surface area contributed by atoms with Gasteiger partial charge in [-0.05, 0) is 18.6 Å². The third-order valence-electron chi connectivity index (χ3n) is 3.72. The minimum absolute atomic E-state index is 0.250. The number of hydrogen-bond donors (Lipinski definition) is 0. The molecule has 7 heteroatoms. The van der Waals surface area contributed by atoms with Crippen molar-refractivity contribution in [3.05, 3.63) is 46.2 Å². The molecule has 5 nitrogen and oxygen atoms in total. The van der Waals surface area contributed by atoms with Crippen molar-refractivity contribution in [3.8, 4) is 0 Å². The van der Waals surface area contributed by atoms with Crippen LogP contribution in [-0.4, -0.2) is 28.4 Å². The molecule has 1 aromatic carbocycles. The molecule has 21 heavy (non-hydrogen) atoms. The standard InChI is InChI=1S/C14H15Cl2N3O2/c1-20-13-4-5-14(21-13,9-19-7-6-17-18-19)11-3-2-10(15)8-12(11)16/h2-3,6-8,13H,4-5,9H2,1H3. The largest absolute Gasteiger partial charge is 0.356 e. The Labute approximate surface area is 132 Å². The summed E-state index contributed by atoms with van der Waals surface area (Å²) < 4.78 is 13.2. The Balaban J connectivity index is 1.99. The highest BCUT2D eigenvalue weighted by atomic mass is 35.5. The van der Waals surface area contributed by atoms with Gasteiger partial charge in [-0.3, -0.25) is 0 Å². The average molecular weight is 328 g/mol. The zero-order valence-corrected chi connectivity index (χ0v) is 13.0. The lowest BCUT2D eigenvalue weighted by molar-refractivity contribution is -0.164. The lowest BCUT2D eigenvalue weighted by Crippen LogP contribution is -2.33. The van der Waals surface area contributed by atoms with Gasteiger partial charge in [0.1, 0.15) is 5.60 Å². The Morgan fingerprint density at radius 2 is 2.33 bits per heavy atom. The molecule has 0 saturated carbocycles. The van der Waals surface area contributed by atoms with Crippen molar-refractivity contribution in [1.82, 2.24) is 15.0 Å². The van der Waals surface area contributed by atoms with Gasteiger partial charge in [0, 0.05) is 35.3 Å². The Bertz CT molecular complexity index is 621. The van der Waals surface area contributed by atoms with E-state index in [0.717, 1.165) is 18.4 Å². The summed E-state index contributed by atoms with van der Waals surface area (Å²) in [5.41, 5.74) is 0.305. The zero-order chi connectivity index (χ0) is 14.9. The summed E-state index contributed by atoms with van der Waals surface area (Å²) in [6.07, 6.45) is 4.77. The van der Waals surface area contributed by atoms with Crippen LogP contribution >= 0.6 is 23.2 Å². The number of rotatable bonds is 4. The maximum Gasteiger partial charge on any atom is 0.158 e. The van der Waals surface area contributed by atoms with Crippen LogP contribution in [0.3, 0.4) is 0 Å². The summed E-state index contributed by atoms with van der Waals surface area (Å²) in [4.78, 5) is 0. The van der Waals surface area contributed by atoms with Crippen LogP contribution in [0, 0.1) is 0 Å². The van der Waals surface area contributed by atoms with Gasteiger partial charge in [-0.1, -0.05) is 34.5 Å². The van der Waals surface area contributed by atoms with E-state index in [1.807, 2.05) is 12.1 Å². The molecule has 3 rings (SSSR count). The summed E-state index contributed by atoms with van der Waals surface area (Å²) >= 11 is 12.4. The summed E-state index contributed by atoms with van der Waals surface area (Å²) in [5.74, 6) is 0. The SMILES string of the molecule is COC1CCC(Cn2ccnn2)(c2ccc(Cl)cc2Cl)O1. The fourth-order valence-electron chi connectivity index (χ4n) is 2.72. The number of nitrogens with zero attached hydrogens (tertiary/aromatic N) is 3. The van der Waals surface area contributed by atoms with Crippen LogP contribution in [0.1, 0.15) is 18.4 Å². The molecule has 1 saturated heterocycles. The van der Waals surface area contributed by atoms with Crippen LogP contribution in [0.5, 0.6) is 0 Å². The third-order valence-corrected chi connectivity index (χ3v) is 4.26. The number of aromatic nitrogens is 3. The van der Waals surface area contributed by atoms with Crippen molar-refractivity contribution in [2.45, 2.75) is 31.3 Å². The van der Waals surface area contributed by atoms with Crippen LogP contribution in [0.15, 0.2) is 30.6 Å². The smallest absolute Gasteiger partial charge is 0.158 e. The quantitative estimate of drug-likeness (QED) is 0.864. The molecule has 0 N–H and O–H groups in total. The normalized spacial score (nSPS) is 25.4. The number of halogens is 2. The monoisotopic (exact) mass is 327 g/mol. The first-order valence-corrected chi connectivity index (χ1v) is 7.39. The molecule has 112 valence electrons. The third kappa shape index (κ3) is 2.92. The molecule has 0 spiro atoms. The zero-order valence-electron chi connectivity index (χ0n) is 11.5.